The van der Waals surface area contributed by atoms with Crippen molar-refractivity contribution in [2.75, 3.05) is 0 Å². The quantitative estimate of drug-likeness (QED) is 0.574. The maximum absolute atomic E-state index is 5.50. The van der Waals surface area contributed by atoms with Crippen molar-refractivity contribution < 1.29 is 0 Å². The fraction of sp³-hybridized carbons (Fsp3) is 0.900. The minimum Gasteiger partial charge on any atom is -0.376 e. The van der Waals surface area contributed by atoms with E-state index >= 15 is 0 Å². The van der Waals surface area contributed by atoms with Gasteiger partial charge in [-0.25, -0.2) is 0 Å². The summed E-state index contributed by atoms with van der Waals surface area (Å²) in [5, 5.41) is 7.18. The molecule has 1 saturated heterocycles. The van der Waals surface area contributed by atoms with Crippen molar-refractivity contribution in [1.29, 1.82) is 0 Å². The van der Waals surface area contributed by atoms with E-state index in [0.717, 1.165) is 12.8 Å². The topological polar surface area (TPSA) is 50.1 Å². The molecule has 0 spiro atoms. The van der Waals surface area contributed by atoms with Crippen LogP contribution in [0.25, 0.3) is 0 Å². The van der Waals surface area contributed by atoms with Gasteiger partial charge in [0.05, 0.1) is 0 Å². The van der Waals surface area contributed by atoms with Crippen LogP contribution in [0.5, 0.6) is 0 Å². The van der Waals surface area contributed by atoms with Crippen LogP contribution in [0.2, 0.25) is 0 Å². The molecule has 82 valence electrons. The summed E-state index contributed by atoms with van der Waals surface area (Å²) in [6, 6.07) is 0.388. The van der Waals surface area contributed by atoms with Crippen LogP contribution in [0.3, 0.4) is 0 Å². The fourth-order valence-electron chi connectivity index (χ4n) is 2.63. The summed E-state index contributed by atoms with van der Waals surface area (Å²) in [4.78, 5) is 0. The molecule has 0 aromatic carbocycles. The molecule has 1 heterocycles. The standard InChI is InChI=1S/C10H21N3S/c1-9(2)5-7(12-8(11)14)6-10(3,4)13-9/h7,13H,5-6H2,1-4H3,(H3,11,12,14). The molecule has 1 aliphatic heterocycles. The van der Waals surface area contributed by atoms with Crippen LogP contribution in [-0.4, -0.2) is 22.2 Å². The molecule has 0 aliphatic carbocycles. The van der Waals surface area contributed by atoms with Gasteiger partial charge in [-0.3, -0.25) is 0 Å². The molecule has 3 nitrogen and oxygen atoms in total. The third kappa shape index (κ3) is 3.42. The summed E-state index contributed by atoms with van der Waals surface area (Å²) in [6.45, 7) is 8.84. The highest BCUT2D eigenvalue weighted by molar-refractivity contribution is 7.80. The molecule has 4 N–H and O–H groups in total. The first-order valence-corrected chi connectivity index (χ1v) is 5.46. The third-order valence-electron chi connectivity index (χ3n) is 2.54. The smallest absolute Gasteiger partial charge is 0.163 e. The normalized spacial score (nSPS) is 25.7. The average Bonchev–Trinajstić information content (AvgIpc) is 1.74. The highest BCUT2D eigenvalue weighted by Crippen LogP contribution is 2.28. The fourth-order valence-corrected chi connectivity index (χ4v) is 2.79. The third-order valence-corrected chi connectivity index (χ3v) is 2.65. The summed E-state index contributed by atoms with van der Waals surface area (Å²) in [7, 11) is 0. The molecule has 4 heteroatoms. The summed E-state index contributed by atoms with van der Waals surface area (Å²) in [6.07, 6.45) is 2.10. The van der Waals surface area contributed by atoms with Gasteiger partial charge in [-0.15, -0.1) is 0 Å². The Hall–Kier alpha value is -0.350. The van der Waals surface area contributed by atoms with Crippen molar-refractivity contribution in [3.05, 3.63) is 0 Å². The van der Waals surface area contributed by atoms with E-state index < -0.39 is 0 Å². The minimum atomic E-state index is 0.143. The minimum absolute atomic E-state index is 0.143. The number of hydrogen-bond acceptors (Lipinski definition) is 2. The largest absolute Gasteiger partial charge is 0.376 e. The number of hydrogen-bond donors (Lipinski definition) is 3. The molecule has 0 aromatic heterocycles. The molecule has 0 atom stereocenters. The molecular weight excluding hydrogens is 194 g/mol. The van der Waals surface area contributed by atoms with Crippen molar-refractivity contribution in [3.8, 4) is 0 Å². The Morgan fingerprint density at radius 3 is 2.07 bits per heavy atom. The van der Waals surface area contributed by atoms with Gasteiger partial charge in [-0.2, -0.15) is 0 Å². The van der Waals surface area contributed by atoms with Crippen LogP contribution < -0.4 is 16.4 Å². The van der Waals surface area contributed by atoms with Crippen LogP contribution in [0, 0.1) is 0 Å². The molecule has 0 unspecified atom stereocenters. The molecule has 0 aromatic rings. The van der Waals surface area contributed by atoms with Crippen LogP contribution in [0.15, 0.2) is 0 Å². The van der Waals surface area contributed by atoms with Gasteiger partial charge in [0, 0.05) is 17.1 Å². The van der Waals surface area contributed by atoms with Crippen molar-refractivity contribution in [2.45, 2.75) is 57.7 Å². The Bertz CT molecular complexity index is 220. The highest BCUT2D eigenvalue weighted by Gasteiger charge is 2.37. The Balaban J connectivity index is 2.66. The van der Waals surface area contributed by atoms with Gasteiger partial charge in [0.25, 0.3) is 0 Å². The van der Waals surface area contributed by atoms with Gasteiger partial charge in [0.2, 0.25) is 0 Å². The van der Waals surface area contributed by atoms with Crippen molar-refractivity contribution >= 4 is 17.3 Å². The second kappa shape index (κ2) is 3.66. The van der Waals surface area contributed by atoms with Gasteiger partial charge in [0.1, 0.15) is 0 Å². The second-order valence-electron chi connectivity index (χ2n) is 5.51. The molecule has 0 saturated carbocycles. The molecule has 0 amide bonds. The number of nitrogens with two attached hydrogens (primary N) is 1. The van der Waals surface area contributed by atoms with Gasteiger partial charge in [-0.1, -0.05) is 0 Å². The summed E-state index contributed by atoms with van der Waals surface area (Å²) >= 11 is 4.87. The summed E-state index contributed by atoms with van der Waals surface area (Å²) < 4.78 is 0. The average molecular weight is 215 g/mol. The van der Waals surface area contributed by atoms with Crippen LogP contribution >= 0.6 is 12.2 Å². The number of rotatable bonds is 1. The lowest BCUT2D eigenvalue weighted by Crippen LogP contribution is -2.62. The molecule has 0 radical (unpaired) electrons. The molecular formula is C10H21N3S. The number of nitrogens with one attached hydrogen (secondary N) is 2. The second-order valence-corrected chi connectivity index (χ2v) is 5.95. The number of thiocarbonyl (C=S) groups is 1. The predicted octanol–water partition coefficient (Wildman–Crippen LogP) is 1.13. The van der Waals surface area contributed by atoms with Crippen LogP contribution in [0.1, 0.15) is 40.5 Å². The predicted molar refractivity (Wildman–Crippen MR) is 64.2 cm³/mol. The van der Waals surface area contributed by atoms with Crippen LogP contribution in [-0.2, 0) is 0 Å². The van der Waals surface area contributed by atoms with Gasteiger partial charge >= 0.3 is 0 Å². The molecule has 1 aliphatic rings. The van der Waals surface area contributed by atoms with E-state index in [4.69, 9.17) is 18.0 Å². The van der Waals surface area contributed by atoms with E-state index in [0.29, 0.717) is 11.2 Å². The van der Waals surface area contributed by atoms with E-state index in [9.17, 15) is 0 Å². The summed E-state index contributed by atoms with van der Waals surface area (Å²) in [5.74, 6) is 0. The molecule has 14 heavy (non-hydrogen) atoms. The van der Waals surface area contributed by atoms with E-state index in [2.05, 4.69) is 38.3 Å². The SMILES string of the molecule is CC1(C)CC(NC(N)=S)CC(C)(C)N1. The lowest BCUT2D eigenvalue weighted by Gasteiger charge is -2.46. The van der Waals surface area contributed by atoms with E-state index in [-0.39, 0.29) is 11.1 Å². The van der Waals surface area contributed by atoms with E-state index in [1.165, 1.54) is 0 Å². The monoisotopic (exact) mass is 215 g/mol. The first-order chi connectivity index (χ1) is 6.20. The molecule has 1 rings (SSSR count). The Morgan fingerprint density at radius 2 is 1.71 bits per heavy atom. The zero-order valence-corrected chi connectivity index (χ0v) is 10.3. The lowest BCUT2D eigenvalue weighted by atomic mass is 9.80. The van der Waals surface area contributed by atoms with Gasteiger partial charge in [0.15, 0.2) is 5.11 Å². The zero-order valence-electron chi connectivity index (χ0n) is 9.48. The van der Waals surface area contributed by atoms with Crippen molar-refractivity contribution in [1.82, 2.24) is 10.6 Å². The zero-order chi connectivity index (χ0) is 11.0. The molecule has 1 fully saturated rings. The first-order valence-electron chi connectivity index (χ1n) is 5.06. The molecule has 0 bridgehead atoms. The Labute approximate surface area is 91.8 Å². The maximum atomic E-state index is 5.50. The lowest BCUT2D eigenvalue weighted by molar-refractivity contribution is 0.155. The van der Waals surface area contributed by atoms with Gasteiger partial charge < -0.3 is 16.4 Å². The highest BCUT2D eigenvalue weighted by atomic mass is 32.1. The Kier molecular flexibility index (Phi) is 3.07. The summed E-state index contributed by atoms with van der Waals surface area (Å²) in [5.41, 5.74) is 5.79. The van der Waals surface area contributed by atoms with E-state index in [1.807, 2.05) is 0 Å². The van der Waals surface area contributed by atoms with Crippen molar-refractivity contribution in [3.63, 3.8) is 0 Å². The van der Waals surface area contributed by atoms with Crippen molar-refractivity contribution in [2.24, 2.45) is 5.73 Å². The first kappa shape index (κ1) is 11.7. The number of piperidine rings is 1. The maximum Gasteiger partial charge on any atom is 0.163 e. The van der Waals surface area contributed by atoms with E-state index in [1.54, 1.807) is 0 Å². The van der Waals surface area contributed by atoms with Crippen LogP contribution in [0.4, 0.5) is 0 Å². The Morgan fingerprint density at radius 1 is 1.29 bits per heavy atom. The van der Waals surface area contributed by atoms with Gasteiger partial charge in [-0.05, 0) is 52.8 Å².